The first kappa shape index (κ1) is 7.20. The molecule has 1 aromatic rings. The van der Waals surface area contributed by atoms with Crippen LogP contribution in [0.5, 0.6) is 0 Å². The second-order valence-corrected chi connectivity index (χ2v) is 6.18. The van der Waals surface area contributed by atoms with E-state index in [-0.39, 0.29) is 21.0 Å². The van der Waals surface area contributed by atoms with Gasteiger partial charge in [-0.3, -0.25) is 4.98 Å². The van der Waals surface area contributed by atoms with Crippen LogP contribution in [-0.4, -0.2) is 61.2 Å². The molecule has 0 saturated carbocycles. The molecule has 0 radical (unpaired) electrons. The zero-order chi connectivity index (χ0) is 25.6. The highest BCUT2D eigenvalue weighted by atomic mass is 16.7. The molecule has 2 aliphatic rings. The van der Waals surface area contributed by atoms with Crippen molar-refractivity contribution in [3.8, 4) is 0 Å². The van der Waals surface area contributed by atoms with Gasteiger partial charge in [-0.15, -0.1) is 0 Å². The fourth-order valence-electron chi connectivity index (χ4n) is 2.06. The number of pyridine rings is 1. The van der Waals surface area contributed by atoms with Gasteiger partial charge in [0.05, 0.1) is 28.6 Å². The minimum Gasteiger partial charge on any atom is -0.399 e. The van der Waals surface area contributed by atoms with Crippen molar-refractivity contribution in [2.75, 3.05) is 37.9 Å². The summed E-state index contributed by atoms with van der Waals surface area (Å²) in [6.07, 6.45) is 2.40. The van der Waals surface area contributed by atoms with Crippen molar-refractivity contribution in [1.82, 2.24) is 9.88 Å². The number of likely N-dealkylation sites (N-methyl/N-ethyl adjacent to an activating group) is 1. The SMILES string of the molecule is [2H]C([2H])([2H])N1C([2H])([2H])C([2H])([2H])N(c2cncc(B3OC(C)(C)C(C)(C)O3)c2)C([2H])([2H])C1([2H])[2H]. The molecule has 2 saturated heterocycles. The summed E-state index contributed by atoms with van der Waals surface area (Å²) < 4.78 is 101. The number of piperazine rings is 1. The van der Waals surface area contributed by atoms with Gasteiger partial charge in [0.15, 0.2) is 0 Å². The first-order chi connectivity index (χ1) is 14.5. The number of anilines is 1. The number of rotatable bonds is 2. The standard InChI is InChI=1S/C16H26BN3O2/c1-15(2)16(3,4)22-17(21-15)13-10-14(12-18-11-13)20-8-6-19(5)7-9-20/h10-12H,6-9H2,1-5H3/i5D3,6D2,7D2,8D2,9D2. The molecule has 5 nitrogen and oxygen atoms in total. The van der Waals surface area contributed by atoms with Gasteiger partial charge in [-0.05, 0) is 40.7 Å². The highest BCUT2D eigenvalue weighted by Gasteiger charge is 2.51. The van der Waals surface area contributed by atoms with E-state index in [0.717, 1.165) is 6.20 Å². The van der Waals surface area contributed by atoms with Gasteiger partial charge >= 0.3 is 7.12 Å². The van der Waals surface area contributed by atoms with Crippen LogP contribution in [0.25, 0.3) is 0 Å². The third-order valence-electron chi connectivity index (χ3n) is 4.08. The summed E-state index contributed by atoms with van der Waals surface area (Å²) in [5.41, 5.74) is -1.46. The lowest BCUT2D eigenvalue weighted by molar-refractivity contribution is 0.00578. The molecular weight excluding hydrogens is 277 g/mol. The molecule has 2 aliphatic heterocycles. The summed E-state index contributed by atoms with van der Waals surface area (Å²) in [5.74, 6) is 0. The molecule has 120 valence electrons. The van der Waals surface area contributed by atoms with E-state index in [9.17, 15) is 0 Å². The summed E-state index contributed by atoms with van der Waals surface area (Å²) in [5, 5.41) is 0. The molecule has 3 heterocycles. The third kappa shape index (κ3) is 2.87. The van der Waals surface area contributed by atoms with E-state index in [2.05, 4.69) is 4.98 Å². The maximum Gasteiger partial charge on any atom is 0.496 e. The highest BCUT2D eigenvalue weighted by Crippen LogP contribution is 2.36. The molecule has 0 spiro atoms. The van der Waals surface area contributed by atoms with E-state index in [1.807, 2.05) is 27.7 Å². The number of hydrogen-bond acceptors (Lipinski definition) is 5. The maximum atomic E-state index is 8.40. The monoisotopic (exact) mass is 314 g/mol. The van der Waals surface area contributed by atoms with Gasteiger partial charge < -0.3 is 19.1 Å². The Kier molecular flexibility index (Phi) is 1.80. The molecule has 0 unspecified atom stereocenters. The van der Waals surface area contributed by atoms with Crippen molar-refractivity contribution in [3.63, 3.8) is 0 Å². The zero-order valence-corrected chi connectivity index (χ0v) is 13.0. The summed E-state index contributed by atoms with van der Waals surface area (Å²) in [6, 6.07) is 1.27. The van der Waals surface area contributed by atoms with E-state index in [4.69, 9.17) is 24.4 Å². The van der Waals surface area contributed by atoms with Crippen LogP contribution in [0.2, 0.25) is 0 Å². The second-order valence-electron chi connectivity index (χ2n) is 6.18. The van der Waals surface area contributed by atoms with Gasteiger partial charge in [0, 0.05) is 47.2 Å². The van der Waals surface area contributed by atoms with Gasteiger partial charge in [-0.1, -0.05) is 0 Å². The van der Waals surface area contributed by atoms with Gasteiger partial charge in [0.25, 0.3) is 0 Å². The Morgan fingerprint density at radius 1 is 1.14 bits per heavy atom. The summed E-state index contributed by atoms with van der Waals surface area (Å²) in [4.78, 5) is 3.88. The predicted octanol–water partition coefficient (Wildman–Crippen LogP) is 1.13. The summed E-state index contributed by atoms with van der Waals surface area (Å²) >= 11 is 0. The minimum atomic E-state index is -3.47. The molecule has 3 rings (SSSR count). The lowest BCUT2D eigenvalue weighted by atomic mass is 9.80. The molecular formula is C16H26BN3O2. The highest BCUT2D eigenvalue weighted by molar-refractivity contribution is 6.62. The molecule has 0 amide bonds. The van der Waals surface area contributed by atoms with Crippen LogP contribution in [-0.2, 0) is 9.31 Å². The van der Waals surface area contributed by atoms with Crippen molar-refractivity contribution in [2.24, 2.45) is 0 Å². The van der Waals surface area contributed by atoms with Crippen LogP contribution in [0.3, 0.4) is 0 Å². The number of nitrogens with zero attached hydrogens (tertiary/aromatic N) is 3. The van der Waals surface area contributed by atoms with Crippen LogP contribution in [0.1, 0.15) is 42.8 Å². The average Bonchev–Trinajstić information content (AvgIpc) is 2.79. The van der Waals surface area contributed by atoms with Gasteiger partial charge in [-0.25, -0.2) is 0 Å². The molecule has 0 N–H and O–H groups in total. The van der Waals surface area contributed by atoms with Crippen LogP contribution in [0.15, 0.2) is 18.5 Å². The molecule has 6 heteroatoms. The van der Waals surface area contributed by atoms with Crippen LogP contribution < -0.4 is 10.4 Å². The molecule has 1 aromatic heterocycles. The fraction of sp³-hybridized carbons (Fsp3) is 0.688. The van der Waals surface area contributed by atoms with E-state index in [1.165, 1.54) is 12.3 Å². The Morgan fingerprint density at radius 2 is 1.77 bits per heavy atom. The first-order valence-corrected chi connectivity index (χ1v) is 6.93. The molecule has 22 heavy (non-hydrogen) atoms. The van der Waals surface area contributed by atoms with Crippen molar-refractivity contribution in [3.05, 3.63) is 18.5 Å². The zero-order valence-electron chi connectivity index (χ0n) is 24.0. The quantitative estimate of drug-likeness (QED) is 0.765. The molecule has 0 aliphatic carbocycles. The predicted molar refractivity (Wildman–Crippen MR) is 89.7 cm³/mol. The molecule has 0 aromatic carbocycles. The maximum absolute atomic E-state index is 8.40. The number of aromatic nitrogens is 1. The fourth-order valence-corrected chi connectivity index (χ4v) is 2.06. The van der Waals surface area contributed by atoms with Crippen molar-refractivity contribution < 1.29 is 24.4 Å². The Bertz CT molecular complexity index is 895. The number of hydrogen-bond donors (Lipinski definition) is 0. The van der Waals surface area contributed by atoms with Gasteiger partial charge in [-0.2, -0.15) is 0 Å². The van der Waals surface area contributed by atoms with Crippen molar-refractivity contribution in [2.45, 2.75) is 38.9 Å². The average molecular weight is 314 g/mol. The Balaban J connectivity index is 2.15. The topological polar surface area (TPSA) is 37.8 Å². The normalized spacial score (nSPS) is 41.9. The van der Waals surface area contributed by atoms with Crippen molar-refractivity contribution >= 4 is 18.3 Å². The van der Waals surface area contributed by atoms with E-state index in [1.54, 1.807) is 0 Å². The Labute approximate surface area is 149 Å². The van der Waals surface area contributed by atoms with E-state index in [0.29, 0.717) is 0 Å². The van der Waals surface area contributed by atoms with Gasteiger partial charge in [0.2, 0.25) is 0 Å². The van der Waals surface area contributed by atoms with Crippen LogP contribution >= 0.6 is 0 Å². The minimum absolute atomic E-state index is 0.254. The summed E-state index contributed by atoms with van der Waals surface area (Å²) in [7, 11) is -0.948. The Hall–Kier alpha value is -1.11. The molecule has 2 fully saturated rings. The first-order valence-electron chi connectivity index (χ1n) is 12.4. The van der Waals surface area contributed by atoms with E-state index >= 15 is 0 Å². The van der Waals surface area contributed by atoms with Crippen LogP contribution in [0.4, 0.5) is 5.69 Å². The second kappa shape index (κ2) is 5.51. The van der Waals surface area contributed by atoms with Gasteiger partial charge in [0.1, 0.15) is 0 Å². The smallest absolute Gasteiger partial charge is 0.399 e. The van der Waals surface area contributed by atoms with E-state index < -0.39 is 51.3 Å². The van der Waals surface area contributed by atoms with Crippen molar-refractivity contribution in [1.29, 1.82) is 0 Å². The lowest BCUT2D eigenvalue weighted by Crippen LogP contribution is -2.45. The lowest BCUT2D eigenvalue weighted by Gasteiger charge is -2.34. The molecule has 0 atom stereocenters. The molecule has 0 bridgehead atoms. The van der Waals surface area contributed by atoms with Crippen LogP contribution in [0, 0.1) is 0 Å². The largest absolute Gasteiger partial charge is 0.496 e. The third-order valence-corrected chi connectivity index (χ3v) is 4.08. The Morgan fingerprint density at radius 3 is 2.36 bits per heavy atom. The summed E-state index contributed by atoms with van der Waals surface area (Å²) in [6.45, 7) is -9.78.